The average molecular weight is 539 g/mol. The number of nitriles is 1. The molecule has 2 aliphatic rings. The number of carbonyl (C=O) groups excluding carboxylic acids is 1. The first-order valence-electron chi connectivity index (χ1n) is 14.3. The molecule has 2 unspecified atom stereocenters. The van der Waals surface area contributed by atoms with Crippen LogP contribution in [0.1, 0.15) is 42.6 Å². The predicted molar refractivity (Wildman–Crippen MR) is 156 cm³/mol. The first-order valence-corrected chi connectivity index (χ1v) is 14.3. The summed E-state index contributed by atoms with van der Waals surface area (Å²) < 4.78 is 12.4. The fraction of sp³-hybridized carbons (Fsp3) is 0.394. The number of para-hydroxylation sites is 1. The number of hydrogen-bond donors (Lipinski definition) is 0. The Morgan fingerprint density at radius 2 is 1.62 bits per heavy atom. The minimum absolute atomic E-state index is 0.0235. The molecule has 2 fully saturated rings. The van der Waals surface area contributed by atoms with Crippen LogP contribution in [-0.2, 0) is 16.1 Å². The number of ether oxygens (including phenoxy) is 2. The molecule has 0 radical (unpaired) electrons. The Morgan fingerprint density at radius 1 is 0.900 bits per heavy atom. The van der Waals surface area contributed by atoms with Crippen molar-refractivity contribution in [2.24, 2.45) is 0 Å². The smallest absolute Gasteiger partial charge is 0.263 e. The summed E-state index contributed by atoms with van der Waals surface area (Å²) in [4.78, 5) is 19.8. The SMILES string of the molecule is CC(Oc1ccccc1)C(=O)N1CCN(CC(OCc2ccc(C#N)cc2)c2cccc(N3CCCC3)c2)CC1. The monoisotopic (exact) mass is 538 g/mol. The molecule has 2 atom stereocenters. The summed E-state index contributed by atoms with van der Waals surface area (Å²) in [6, 6.07) is 28.0. The van der Waals surface area contributed by atoms with E-state index in [0.717, 1.165) is 38.3 Å². The van der Waals surface area contributed by atoms with E-state index in [0.29, 0.717) is 31.0 Å². The fourth-order valence-corrected chi connectivity index (χ4v) is 5.42. The molecular formula is C33H38N4O3. The van der Waals surface area contributed by atoms with E-state index in [1.807, 2.05) is 66.4 Å². The van der Waals surface area contributed by atoms with Crippen LogP contribution >= 0.6 is 0 Å². The Balaban J connectivity index is 1.22. The molecule has 1 amide bonds. The van der Waals surface area contributed by atoms with Gasteiger partial charge in [0.25, 0.3) is 5.91 Å². The van der Waals surface area contributed by atoms with Gasteiger partial charge in [0, 0.05) is 51.5 Å². The van der Waals surface area contributed by atoms with Crippen molar-refractivity contribution in [3.63, 3.8) is 0 Å². The second kappa shape index (κ2) is 13.5. The maximum Gasteiger partial charge on any atom is 0.263 e. The van der Waals surface area contributed by atoms with Gasteiger partial charge in [-0.05, 0) is 67.3 Å². The summed E-state index contributed by atoms with van der Waals surface area (Å²) in [7, 11) is 0. The molecule has 0 saturated carbocycles. The van der Waals surface area contributed by atoms with Crippen molar-refractivity contribution in [2.75, 3.05) is 50.7 Å². The molecule has 2 heterocycles. The van der Waals surface area contributed by atoms with E-state index in [1.165, 1.54) is 24.1 Å². The first kappa shape index (κ1) is 27.7. The lowest BCUT2D eigenvalue weighted by Crippen LogP contribution is -2.52. The van der Waals surface area contributed by atoms with Crippen molar-refractivity contribution in [3.8, 4) is 11.8 Å². The first-order chi connectivity index (χ1) is 19.6. The fourth-order valence-electron chi connectivity index (χ4n) is 5.42. The van der Waals surface area contributed by atoms with Crippen LogP contribution in [0.2, 0.25) is 0 Å². The van der Waals surface area contributed by atoms with Crippen molar-refractivity contribution in [2.45, 2.75) is 38.6 Å². The van der Waals surface area contributed by atoms with Gasteiger partial charge in [0.1, 0.15) is 5.75 Å². The molecule has 2 aliphatic heterocycles. The maximum absolute atomic E-state index is 13.1. The van der Waals surface area contributed by atoms with Crippen LogP contribution in [0.3, 0.4) is 0 Å². The van der Waals surface area contributed by atoms with E-state index in [2.05, 4.69) is 40.1 Å². The number of rotatable bonds is 10. The van der Waals surface area contributed by atoms with Gasteiger partial charge in [0.15, 0.2) is 6.10 Å². The molecule has 0 N–H and O–H groups in total. The Hall–Kier alpha value is -3.86. The van der Waals surface area contributed by atoms with Crippen LogP contribution in [0.5, 0.6) is 5.75 Å². The van der Waals surface area contributed by atoms with Crippen LogP contribution in [0, 0.1) is 11.3 Å². The normalized spacial score (nSPS) is 17.3. The lowest BCUT2D eigenvalue weighted by Gasteiger charge is -2.37. The van der Waals surface area contributed by atoms with Gasteiger partial charge in [-0.15, -0.1) is 0 Å². The quantitative estimate of drug-likeness (QED) is 0.361. The summed E-state index contributed by atoms with van der Waals surface area (Å²) in [6.07, 6.45) is 1.84. The van der Waals surface area contributed by atoms with Gasteiger partial charge in [0.05, 0.1) is 24.3 Å². The van der Waals surface area contributed by atoms with Gasteiger partial charge >= 0.3 is 0 Å². The zero-order valence-electron chi connectivity index (χ0n) is 23.2. The maximum atomic E-state index is 13.1. The van der Waals surface area contributed by atoms with Gasteiger partial charge in [-0.3, -0.25) is 9.69 Å². The molecule has 7 heteroatoms. The second-order valence-corrected chi connectivity index (χ2v) is 10.6. The highest BCUT2D eigenvalue weighted by molar-refractivity contribution is 5.81. The van der Waals surface area contributed by atoms with Crippen molar-refractivity contribution in [1.82, 2.24) is 9.80 Å². The Bertz CT molecular complexity index is 1280. The summed E-state index contributed by atoms with van der Waals surface area (Å²) in [5.41, 5.74) is 4.11. The molecule has 0 bridgehead atoms. The third-order valence-corrected chi connectivity index (χ3v) is 7.76. The average Bonchev–Trinajstić information content (AvgIpc) is 3.55. The van der Waals surface area contributed by atoms with Crippen molar-refractivity contribution in [3.05, 3.63) is 95.6 Å². The Labute approximate surface area is 237 Å². The molecule has 208 valence electrons. The highest BCUT2D eigenvalue weighted by Crippen LogP contribution is 2.28. The lowest BCUT2D eigenvalue weighted by atomic mass is 10.1. The molecule has 2 saturated heterocycles. The number of benzene rings is 3. The van der Waals surface area contributed by atoms with Crippen molar-refractivity contribution in [1.29, 1.82) is 5.26 Å². The van der Waals surface area contributed by atoms with Crippen LogP contribution in [0.15, 0.2) is 78.9 Å². The number of piperazine rings is 1. The molecule has 3 aromatic carbocycles. The van der Waals surface area contributed by atoms with Gasteiger partial charge < -0.3 is 19.3 Å². The predicted octanol–water partition coefficient (Wildman–Crippen LogP) is 5.03. The zero-order chi connectivity index (χ0) is 27.7. The number of amides is 1. The number of hydrogen-bond acceptors (Lipinski definition) is 6. The minimum atomic E-state index is -0.522. The van der Waals surface area contributed by atoms with E-state index >= 15 is 0 Å². The van der Waals surface area contributed by atoms with E-state index in [4.69, 9.17) is 14.7 Å². The topological polar surface area (TPSA) is 69.0 Å². The molecule has 0 spiro atoms. The Morgan fingerprint density at radius 3 is 2.33 bits per heavy atom. The highest BCUT2D eigenvalue weighted by Gasteiger charge is 2.28. The number of anilines is 1. The van der Waals surface area contributed by atoms with Crippen molar-refractivity contribution < 1.29 is 14.3 Å². The number of nitrogens with zero attached hydrogens (tertiary/aromatic N) is 4. The van der Waals surface area contributed by atoms with Crippen LogP contribution in [-0.4, -0.2) is 67.6 Å². The molecule has 7 nitrogen and oxygen atoms in total. The Kier molecular flexibility index (Phi) is 9.33. The molecule has 40 heavy (non-hydrogen) atoms. The van der Waals surface area contributed by atoms with E-state index < -0.39 is 6.10 Å². The minimum Gasteiger partial charge on any atom is -0.481 e. The van der Waals surface area contributed by atoms with Gasteiger partial charge in [-0.2, -0.15) is 5.26 Å². The van der Waals surface area contributed by atoms with Crippen LogP contribution in [0.25, 0.3) is 0 Å². The molecule has 0 aromatic heterocycles. The highest BCUT2D eigenvalue weighted by atomic mass is 16.5. The standard InChI is InChI=1S/C33H38N4O3/c1-26(40-31-10-3-2-4-11-31)33(38)37-20-18-35(19-21-37)24-32(39-25-28-14-12-27(23-34)13-15-28)29-8-7-9-30(22-29)36-16-5-6-17-36/h2-4,7-15,22,26,32H,5-6,16-21,24-25H2,1H3. The van der Waals surface area contributed by atoms with Crippen LogP contribution in [0.4, 0.5) is 5.69 Å². The second-order valence-electron chi connectivity index (χ2n) is 10.6. The summed E-state index contributed by atoms with van der Waals surface area (Å²) in [5, 5.41) is 9.12. The van der Waals surface area contributed by atoms with Gasteiger partial charge in [-0.25, -0.2) is 0 Å². The van der Waals surface area contributed by atoms with E-state index in [1.54, 1.807) is 0 Å². The van der Waals surface area contributed by atoms with Crippen molar-refractivity contribution >= 4 is 11.6 Å². The number of carbonyl (C=O) groups is 1. The zero-order valence-corrected chi connectivity index (χ0v) is 23.2. The molecule has 0 aliphatic carbocycles. The summed E-state index contributed by atoms with van der Waals surface area (Å²) in [5.74, 6) is 0.732. The summed E-state index contributed by atoms with van der Waals surface area (Å²) in [6.45, 7) is 8.13. The van der Waals surface area contributed by atoms with Gasteiger partial charge in [0.2, 0.25) is 0 Å². The lowest BCUT2D eigenvalue weighted by molar-refractivity contribution is -0.140. The third-order valence-electron chi connectivity index (χ3n) is 7.76. The largest absolute Gasteiger partial charge is 0.481 e. The molecule has 5 rings (SSSR count). The van der Waals surface area contributed by atoms with E-state index in [-0.39, 0.29) is 12.0 Å². The van der Waals surface area contributed by atoms with Crippen LogP contribution < -0.4 is 9.64 Å². The third kappa shape index (κ3) is 7.20. The van der Waals surface area contributed by atoms with Gasteiger partial charge in [-0.1, -0.05) is 42.5 Å². The summed E-state index contributed by atoms with van der Waals surface area (Å²) >= 11 is 0. The molecular weight excluding hydrogens is 500 g/mol. The van der Waals surface area contributed by atoms with E-state index in [9.17, 15) is 4.79 Å². The molecule has 3 aromatic rings.